The topological polar surface area (TPSA) is 75.7 Å². The van der Waals surface area contributed by atoms with E-state index in [4.69, 9.17) is 4.74 Å². The number of amides is 4. The molecule has 0 aromatic carbocycles. The minimum absolute atomic E-state index is 0.289. The number of barbiturate groups is 1. The zero-order valence-electron chi connectivity index (χ0n) is 12.7. The molecule has 1 aliphatic heterocycles. The van der Waals surface area contributed by atoms with Gasteiger partial charge in [-0.3, -0.25) is 19.8 Å². The van der Waals surface area contributed by atoms with Gasteiger partial charge in [-0.1, -0.05) is 19.3 Å². The molecule has 0 atom stereocenters. The van der Waals surface area contributed by atoms with Crippen LogP contribution in [0, 0.1) is 5.41 Å². The minimum Gasteiger partial charge on any atom is -0.385 e. The summed E-state index contributed by atoms with van der Waals surface area (Å²) in [6.45, 7) is 1.06. The summed E-state index contributed by atoms with van der Waals surface area (Å²) in [6, 6.07) is -0.562. The Morgan fingerprint density at radius 3 is 2.48 bits per heavy atom. The molecule has 1 saturated heterocycles. The van der Waals surface area contributed by atoms with E-state index in [2.05, 4.69) is 5.32 Å². The molecule has 118 valence electrons. The van der Waals surface area contributed by atoms with Crippen LogP contribution >= 0.6 is 0 Å². The molecule has 1 saturated carbocycles. The number of carbonyl (C=O) groups excluding carboxylic acids is 3. The Morgan fingerprint density at radius 2 is 1.81 bits per heavy atom. The van der Waals surface area contributed by atoms with Gasteiger partial charge in [0.1, 0.15) is 5.41 Å². The lowest BCUT2D eigenvalue weighted by Gasteiger charge is -2.41. The summed E-state index contributed by atoms with van der Waals surface area (Å²) < 4.78 is 4.98. The first kappa shape index (κ1) is 15.9. The van der Waals surface area contributed by atoms with Gasteiger partial charge in [-0.25, -0.2) is 4.79 Å². The average molecular weight is 296 g/mol. The van der Waals surface area contributed by atoms with E-state index < -0.39 is 17.4 Å². The lowest BCUT2D eigenvalue weighted by molar-refractivity contribution is -0.153. The molecule has 6 heteroatoms. The van der Waals surface area contributed by atoms with Crippen molar-refractivity contribution in [3.8, 4) is 0 Å². The van der Waals surface area contributed by atoms with Gasteiger partial charge in [0.05, 0.1) is 0 Å². The number of carbonyl (C=O) groups is 3. The number of ether oxygens (including phenoxy) is 1. The van der Waals surface area contributed by atoms with Crippen LogP contribution in [-0.4, -0.2) is 43.0 Å². The molecule has 1 aliphatic carbocycles. The summed E-state index contributed by atoms with van der Waals surface area (Å²) >= 11 is 0. The van der Waals surface area contributed by atoms with Crippen molar-refractivity contribution in [2.45, 2.75) is 51.4 Å². The molecule has 0 unspecified atom stereocenters. The molecule has 0 radical (unpaired) electrons. The Morgan fingerprint density at radius 1 is 1.10 bits per heavy atom. The second-order valence-electron chi connectivity index (χ2n) is 5.91. The van der Waals surface area contributed by atoms with Crippen LogP contribution in [0.1, 0.15) is 51.4 Å². The summed E-state index contributed by atoms with van der Waals surface area (Å²) in [6.07, 6.45) is 6.45. The van der Waals surface area contributed by atoms with E-state index in [0.717, 1.165) is 38.5 Å². The molecule has 2 fully saturated rings. The largest absolute Gasteiger partial charge is 0.385 e. The summed E-state index contributed by atoms with van der Waals surface area (Å²) in [7, 11) is 1.65. The first-order valence-electron chi connectivity index (χ1n) is 7.78. The first-order valence-corrected chi connectivity index (χ1v) is 7.78. The number of imide groups is 2. The van der Waals surface area contributed by atoms with Crippen LogP contribution in [-0.2, 0) is 14.3 Å². The zero-order chi connectivity index (χ0) is 15.3. The van der Waals surface area contributed by atoms with E-state index in [1.54, 1.807) is 7.11 Å². The van der Waals surface area contributed by atoms with E-state index in [1.165, 1.54) is 4.90 Å². The molecule has 1 heterocycles. The van der Waals surface area contributed by atoms with Crippen LogP contribution in [0.3, 0.4) is 0 Å². The molecular formula is C15H24N2O4. The summed E-state index contributed by atoms with van der Waals surface area (Å²) in [5.74, 6) is -0.685. The Hall–Kier alpha value is -1.43. The normalized spacial score (nSPS) is 21.8. The maximum atomic E-state index is 12.7. The fourth-order valence-corrected chi connectivity index (χ4v) is 3.22. The maximum absolute atomic E-state index is 12.7. The highest BCUT2D eigenvalue weighted by molar-refractivity contribution is 6.19. The number of unbranched alkanes of at least 4 members (excludes halogenated alkanes) is 2. The van der Waals surface area contributed by atoms with E-state index >= 15 is 0 Å². The fourth-order valence-electron chi connectivity index (χ4n) is 3.22. The second-order valence-corrected chi connectivity index (χ2v) is 5.91. The number of rotatable bonds is 6. The molecule has 21 heavy (non-hydrogen) atoms. The number of methoxy groups -OCH3 is 1. The summed E-state index contributed by atoms with van der Waals surface area (Å²) in [5, 5.41) is 2.37. The number of urea groups is 1. The fraction of sp³-hybridized carbons (Fsp3) is 0.800. The van der Waals surface area contributed by atoms with Crippen LogP contribution < -0.4 is 5.32 Å². The number of nitrogens with zero attached hydrogens (tertiary/aromatic N) is 1. The van der Waals surface area contributed by atoms with Gasteiger partial charge in [0.15, 0.2) is 0 Å². The zero-order valence-corrected chi connectivity index (χ0v) is 12.7. The smallest absolute Gasteiger partial charge is 0.330 e. The standard InChI is InChI=1S/C15H24N2O4/c1-21-11-7-3-6-10-17-13(19)15(8-4-2-5-9-15)12(18)16-14(17)20/h2-11H2,1H3,(H,16,18,20). The molecule has 2 rings (SSSR count). The van der Waals surface area contributed by atoms with Crippen LogP contribution in [0.5, 0.6) is 0 Å². The third-order valence-corrected chi connectivity index (χ3v) is 4.49. The molecule has 2 aliphatic rings. The van der Waals surface area contributed by atoms with Crippen molar-refractivity contribution in [3.63, 3.8) is 0 Å². The molecule has 4 amide bonds. The maximum Gasteiger partial charge on any atom is 0.330 e. The quantitative estimate of drug-likeness (QED) is 0.599. The van der Waals surface area contributed by atoms with Gasteiger partial charge >= 0.3 is 6.03 Å². The van der Waals surface area contributed by atoms with Gasteiger partial charge in [-0.05, 0) is 32.1 Å². The molecule has 0 aromatic heterocycles. The second kappa shape index (κ2) is 7.02. The van der Waals surface area contributed by atoms with Crippen molar-refractivity contribution in [1.82, 2.24) is 10.2 Å². The Kier molecular flexibility index (Phi) is 5.33. The molecule has 1 N–H and O–H groups in total. The van der Waals surface area contributed by atoms with Gasteiger partial charge in [0, 0.05) is 20.3 Å². The molecule has 0 aromatic rings. The highest BCUT2D eigenvalue weighted by atomic mass is 16.5. The first-order chi connectivity index (χ1) is 10.1. The Bertz CT molecular complexity index is 416. The monoisotopic (exact) mass is 296 g/mol. The minimum atomic E-state index is -0.987. The van der Waals surface area contributed by atoms with Crippen LogP contribution in [0.2, 0.25) is 0 Å². The molecule has 6 nitrogen and oxygen atoms in total. The van der Waals surface area contributed by atoms with Gasteiger partial charge < -0.3 is 4.74 Å². The number of hydrogen-bond acceptors (Lipinski definition) is 4. The van der Waals surface area contributed by atoms with Crippen molar-refractivity contribution in [3.05, 3.63) is 0 Å². The third kappa shape index (κ3) is 3.26. The van der Waals surface area contributed by atoms with E-state index in [9.17, 15) is 14.4 Å². The Labute approximate surface area is 125 Å². The van der Waals surface area contributed by atoms with Gasteiger partial charge in [-0.2, -0.15) is 0 Å². The molecule has 0 bridgehead atoms. The van der Waals surface area contributed by atoms with E-state index in [1.807, 2.05) is 0 Å². The van der Waals surface area contributed by atoms with Gasteiger partial charge in [-0.15, -0.1) is 0 Å². The van der Waals surface area contributed by atoms with E-state index in [-0.39, 0.29) is 5.91 Å². The summed E-state index contributed by atoms with van der Waals surface area (Å²) in [5.41, 5.74) is -0.987. The van der Waals surface area contributed by atoms with Crippen molar-refractivity contribution in [2.24, 2.45) is 5.41 Å². The highest BCUT2D eigenvalue weighted by Gasteiger charge is 2.53. The van der Waals surface area contributed by atoms with Crippen LogP contribution in [0.4, 0.5) is 4.79 Å². The lowest BCUT2D eigenvalue weighted by Crippen LogP contribution is -2.64. The van der Waals surface area contributed by atoms with Gasteiger partial charge in [0.2, 0.25) is 11.8 Å². The highest BCUT2D eigenvalue weighted by Crippen LogP contribution is 2.40. The SMILES string of the molecule is COCCCCCN1C(=O)NC(=O)C2(CCCCC2)C1=O. The van der Waals surface area contributed by atoms with Gasteiger partial charge in [0.25, 0.3) is 0 Å². The number of nitrogens with one attached hydrogen (secondary N) is 1. The van der Waals surface area contributed by atoms with Crippen LogP contribution in [0.25, 0.3) is 0 Å². The molecular weight excluding hydrogens is 272 g/mol. The predicted molar refractivity (Wildman–Crippen MR) is 76.5 cm³/mol. The summed E-state index contributed by atoms with van der Waals surface area (Å²) in [4.78, 5) is 38.0. The van der Waals surface area contributed by atoms with Crippen LogP contribution in [0.15, 0.2) is 0 Å². The Balaban J connectivity index is 1.98. The van der Waals surface area contributed by atoms with Crippen molar-refractivity contribution < 1.29 is 19.1 Å². The van der Waals surface area contributed by atoms with Crippen molar-refractivity contribution in [1.29, 1.82) is 0 Å². The predicted octanol–water partition coefficient (Wildman–Crippen LogP) is 1.83. The van der Waals surface area contributed by atoms with Crippen molar-refractivity contribution >= 4 is 17.8 Å². The number of hydrogen-bond donors (Lipinski definition) is 1. The van der Waals surface area contributed by atoms with Crippen molar-refractivity contribution in [2.75, 3.05) is 20.3 Å². The molecule has 1 spiro atoms. The lowest BCUT2D eigenvalue weighted by atomic mass is 9.71. The third-order valence-electron chi connectivity index (χ3n) is 4.49. The average Bonchev–Trinajstić information content (AvgIpc) is 2.49. The van der Waals surface area contributed by atoms with E-state index in [0.29, 0.717) is 26.0 Å².